The Hall–Kier alpha value is -1.16. The van der Waals surface area contributed by atoms with E-state index < -0.39 is 0 Å². The van der Waals surface area contributed by atoms with E-state index in [1.165, 1.54) is 32.1 Å². The predicted molar refractivity (Wildman–Crippen MR) is 79.9 cm³/mol. The zero-order chi connectivity index (χ0) is 13.0. The number of aromatic nitrogens is 1. The van der Waals surface area contributed by atoms with E-state index >= 15 is 0 Å². The van der Waals surface area contributed by atoms with Crippen LogP contribution in [-0.2, 0) is 0 Å². The maximum absolute atomic E-state index is 5.78. The van der Waals surface area contributed by atoms with Crippen LogP contribution in [0.15, 0.2) is 12.3 Å². The number of nitrogens with zero attached hydrogens (tertiary/aromatic N) is 1. The van der Waals surface area contributed by atoms with Gasteiger partial charge in [-0.3, -0.25) is 0 Å². The Morgan fingerprint density at radius 2 is 2.17 bits per heavy atom. The first-order valence-corrected chi connectivity index (χ1v) is 7.08. The van der Waals surface area contributed by atoms with E-state index in [1.807, 2.05) is 13.0 Å². The maximum Gasteiger partial charge on any atom is 0.136 e. The lowest BCUT2D eigenvalue weighted by molar-refractivity contribution is 0.373. The maximum atomic E-state index is 5.78. The van der Waals surface area contributed by atoms with Crippen molar-refractivity contribution in [1.29, 1.82) is 0 Å². The number of nitrogens with one attached hydrogen (secondary N) is 1. The Morgan fingerprint density at radius 1 is 1.44 bits per heavy atom. The van der Waals surface area contributed by atoms with Gasteiger partial charge in [0.15, 0.2) is 0 Å². The van der Waals surface area contributed by atoms with Crippen molar-refractivity contribution in [3.05, 3.63) is 23.4 Å². The molecule has 3 N–H and O–H groups in total. The molecule has 2 rings (SSSR count). The van der Waals surface area contributed by atoms with E-state index in [2.05, 4.69) is 10.3 Å². The first-order chi connectivity index (χ1) is 8.68. The van der Waals surface area contributed by atoms with Gasteiger partial charge in [-0.15, -0.1) is 0 Å². The van der Waals surface area contributed by atoms with Crippen molar-refractivity contribution in [2.24, 2.45) is 11.7 Å². The molecule has 1 aliphatic carbocycles. The summed E-state index contributed by atoms with van der Waals surface area (Å²) in [5.41, 5.74) is 7.75. The van der Waals surface area contributed by atoms with Gasteiger partial charge >= 0.3 is 0 Å². The van der Waals surface area contributed by atoms with Crippen molar-refractivity contribution in [3.8, 4) is 0 Å². The molecule has 1 aliphatic rings. The van der Waals surface area contributed by atoms with E-state index in [4.69, 9.17) is 18.0 Å². The molecule has 0 unspecified atom stereocenters. The number of hydrogen-bond acceptors (Lipinski definition) is 3. The molecule has 3 nitrogen and oxygen atoms in total. The first kappa shape index (κ1) is 13.3. The van der Waals surface area contributed by atoms with Crippen LogP contribution in [0.1, 0.15) is 43.2 Å². The molecule has 0 aliphatic heterocycles. The monoisotopic (exact) mass is 263 g/mol. The molecular weight excluding hydrogens is 242 g/mol. The van der Waals surface area contributed by atoms with Crippen LogP contribution in [0.3, 0.4) is 0 Å². The molecule has 1 fully saturated rings. The number of pyridine rings is 1. The van der Waals surface area contributed by atoms with Crippen LogP contribution in [0.2, 0.25) is 0 Å². The van der Waals surface area contributed by atoms with Crippen LogP contribution in [0.5, 0.6) is 0 Å². The van der Waals surface area contributed by atoms with Crippen LogP contribution in [0.4, 0.5) is 5.82 Å². The van der Waals surface area contributed by atoms with Gasteiger partial charge in [-0.1, -0.05) is 31.5 Å². The van der Waals surface area contributed by atoms with E-state index in [9.17, 15) is 0 Å². The number of thiocarbonyl (C=S) groups is 1. The second-order valence-electron chi connectivity index (χ2n) is 5.10. The highest BCUT2D eigenvalue weighted by Gasteiger charge is 2.15. The Balaban J connectivity index is 2.04. The van der Waals surface area contributed by atoms with Crippen LogP contribution in [0.25, 0.3) is 0 Å². The summed E-state index contributed by atoms with van der Waals surface area (Å²) in [5, 5.41) is 3.43. The highest BCUT2D eigenvalue weighted by atomic mass is 32.1. The minimum atomic E-state index is 0.423. The lowest BCUT2D eigenvalue weighted by Crippen LogP contribution is -2.21. The SMILES string of the molecule is Cc1ccnc(NCC2CCCCC2)c1C(N)=S. The minimum absolute atomic E-state index is 0.423. The van der Waals surface area contributed by atoms with Crippen molar-refractivity contribution in [3.63, 3.8) is 0 Å². The summed E-state index contributed by atoms with van der Waals surface area (Å²) in [7, 11) is 0. The third-order valence-electron chi connectivity index (χ3n) is 3.69. The molecule has 1 heterocycles. The van der Waals surface area contributed by atoms with Gasteiger partial charge in [0.25, 0.3) is 0 Å². The Labute approximate surface area is 114 Å². The highest BCUT2D eigenvalue weighted by molar-refractivity contribution is 7.80. The molecule has 1 aromatic rings. The van der Waals surface area contributed by atoms with Crippen LogP contribution >= 0.6 is 12.2 Å². The van der Waals surface area contributed by atoms with Gasteiger partial charge in [0, 0.05) is 12.7 Å². The molecule has 0 atom stereocenters. The quantitative estimate of drug-likeness (QED) is 0.820. The van der Waals surface area contributed by atoms with Gasteiger partial charge in [0.1, 0.15) is 10.8 Å². The number of anilines is 1. The Kier molecular flexibility index (Phi) is 4.53. The number of nitrogens with two attached hydrogens (primary N) is 1. The average Bonchev–Trinajstić information content (AvgIpc) is 2.37. The van der Waals surface area contributed by atoms with Gasteiger partial charge in [-0.25, -0.2) is 4.98 Å². The van der Waals surface area contributed by atoms with Crippen molar-refractivity contribution in [2.45, 2.75) is 39.0 Å². The third kappa shape index (κ3) is 3.19. The Bertz CT molecular complexity index is 425. The van der Waals surface area contributed by atoms with Gasteiger partial charge < -0.3 is 11.1 Å². The zero-order valence-electron chi connectivity index (χ0n) is 10.9. The Morgan fingerprint density at radius 3 is 2.83 bits per heavy atom. The first-order valence-electron chi connectivity index (χ1n) is 6.67. The van der Waals surface area contributed by atoms with Gasteiger partial charge in [0.05, 0.1) is 5.56 Å². The van der Waals surface area contributed by atoms with Crippen molar-refractivity contribution >= 4 is 23.0 Å². The zero-order valence-corrected chi connectivity index (χ0v) is 11.7. The van der Waals surface area contributed by atoms with Crippen molar-refractivity contribution in [2.75, 3.05) is 11.9 Å². The summed E-state index contributed by atoms with van der Waals surface area (Å²) in [5.74, 6) is 1.60. The molecule has 1 saturated carbocycles. The van der Waals surface area contributed by atoms with E-state index in [1.54, 1.807) is 6.20 Å². The molecule has 18 heavy (non-hydrogen) atoms. The van der Waals surface area contributed by atoms with Gasteiger partial charge in [0.2, 0.25) is 0 Å². The summed E-state index contributed by atoms with van der Waals surface area (Å²) in [6.45, 7) is 2.99. The van der Waals surface area contributed by atoms with E-state index in [0.717, 1.165) is 29.4 Å². The molecule has 0 amide bonds. The lowest BCUT2D eigenvalue weighted by atomic mass is 9.89. The molecule has 0 saturated heterocycles. The van der Waals surface area contributed by atoms with Gasteiger partial charge in [-0.05, 0) is 37.3 Å². The van der Waals surface area contributed by atoms with Gasteiger partial charge in [-0.2, -0.15) is 0 Å². The fourth-order valence-electron chi connectivity index (χ4n) is 2.64. The number of rotatable bonds is 4. The second kappa shape index (κ2) is 6.14. The molecule has 0 spiro atoms. The molecular formula is C14H21N3S. The molecule has 4 heteroatoms. The van der Waals surface area contributed by atoms with E-state index in [0.29, 0.717) is 4.99 Å². The van der Waals surface area contributed by atoms with Crippen molar-refractivity contribution < 1.29 is 0 Å². The van der Waals surface area contributed by atoms with E-state index in [-0.39, 0.29) is 0 Å². The predicted octanol–water partition coefficient (Wildman–Crippen LogP) is 3.02. The standard InChI is InChI=1S/C14H21N3S/c1-10-7-8-16-14(12(10)13(15)18)17-9-11-5-3-2-4-6-11/h7-8,11H,2-6,9H2,1H3,(H2,15,18)(H,16,17). The topological polar surface area (TPSA) is 50.9 Å². The molecule has 98 valence electrons. The number of hydrogen-bond donors (Lipinski definition) is 2. The summed E-state index contributed by atoms with van der Waals surface area (Å²) >= 11 is 5.11. The third-order valence-corrected chi connectivity index (χ3v) is 3.89. The normalized spacial score (nSPS) is 16.5. The summed E-state index contributed by atoms with van der Waals surface area (Å²) < 4.78 is 0. The highest BCUT2D eigenvalue weighted by Crippen LogP contribution is 2.24. The van der Waals surface area contributed by atoms with Crippen LogP contribution in [-0.4, -0.2) is 16.5 Å². The lowest BCUT2D eigenvalue weighted by Gasteiger charge is -2.22. The minimum Gasteiger partial charge on any atom is -0.389 e. The summed E-state index contributed by atoms with van der Waals surface area (Å²) in [4.78, 5) is 4.79. The van der Waals surface area contributed by atoms with Crippen LogP contribution < -0.4 is 11.1 Å². The fraction of sp³-hybridized carbons (Fsp3) is 0.571. The summed E-state index contributed by atoms with van der Waals surface area (Å²) in [6.07, 6.45) is 8.55. The second-order valence-corrected chi connectivity index (χ2v) is 5.54. The molecule has 0 bridgehead atoms. The largest absolute Gasteiger partial charge is 0.389 e. The fourth-order valence-corrected chi connectivity index (χ4v) is 2.89. The van der Waals surface area contributed by atoms with Crippen molar-refractivity contribution in [1.82, 2.24) is 4.98 Å². The number of aryl methyl sites for hydroxylation is 1. The average molecular weight is 263 g/mol. The molecule has 1 aromatic heterocycles. The molecule has 0 radical (unpaired) electrons. The summed E-state index contributed by atoms with van der Waals surface area (Å²) in [6, 6.07) is 1.94. The van der Waals surface area contributed by atoms with Crippen LogP contribution in [0, 0.1) is 12.8 Å². The molecule has 0 aromatic carbocycles. The smallest absolute Gasteiger partial charge is 0.136 e.